The largest absolute Gasteiger partial charge is 0.466 e. The zero-order valence-electron chi connectivity index (χ0n) is 8.32. The number of rotatable bonds is 6. The molecule has 0 aromatic rings. The van der Waals surface area contributed by atoms with E-state index in [9.17, 15) is 9.90 Å². The van der Waals surface area contributed by atoms with E-state index >= 15 is 0 Å². The molecule has 3 nitrogen and oxygen atoms in total. The lowest BCUT2D eigenvalue weighted by Crippen LogP contribution is -2.27. The summed E-state index contributed by atoms with van der Waals surface area (Å²) in [5.41, 5.74) is 0. The van der Waals surface area contributed by atoms with Gasteiger partial charge in [-0.15, -0.1) is 6.58 Å². The van der Waals surface area contributed by atoms with Crippen molar-refractivity contribution < 1.29 is 14.6 Å². The number of ether oxygens (including phenoxy) is 1. The summed E-state index contributed by atoms with van der Waals surface area (Å²) in [6, 6.07) is 0. The Morgan fingerprint density at radius 2 is 2.31 bits per heavy atom. The Hall–Kier alpha value is -0.830. The van der Waals surface area contributed by atoms with E-state index in [1.54, 1.807) is 19.9 Å². The zero-order chi connectivity index (χ0) is 10.3. The van der Waals surface area contributed by atoms with Crippen LogP contribution in [0, 0.1) is 5.92 Å². The van der Waals surface area contributed by atoms with Gasteiger partial charge in [-0.3, -0.25) is 4.79 Å². The molecule has 76 valence electrons. The molecule has 0 bridgehead atoms. The van der Waals surface area contributed by atoms with Crippen LogP contribution < -0.4 is 0 Å². The quantitative estimate of drug-likeness (QED) is 0.505. The first-order valence-corrected chi connectivity index (χ1v) is 4.59. The fourth-order valence-electron chi connectivity index (χ4n) is 1.10. The molecule has 13 heavy (non-hydrogen) atoms. The fraction of sp³-hybridized carbons (Fsp3) is 0.700. The molecule has 0 aromatic heterocycles. The van der Waals surface area contributed by atoms with Gasteiger partial charge in [0.2, 0.25) is 0 Å². The Kier molecular flexibility index (Phi) is 6.24. The van der Waals surface area contributed by atoms with Gasteiger partial charge in [0, 0.05) is 0 Å². The number of aliphatic hydroxyl groups excluding tert-OH is 1. The summed E-state index contributed by atoms with van der Waals surface area (Å²) in [6.45, 7) is 7.28. The SMILES string of the molecule is C=CCC[C@@H](C(=O)OCC)[C@H](C)O. The van der Waals surface area contributed by atoms with Gasteiger partial charge in [-0.2, -0.15) is 0 Å². The van der Waals surface area contributed by atoms with Crippen LogP contribution in [-0.2, 0) is 9.53 Å². The fourth-order valence-corrected chi connectivity index (χ4v) is 1.10. The number of allylic oxidation sites excluding steroid dienone is 1. The van der Waals surface area contributed by atoms with Crippen molar-refractivity contribution in [3.05, 3.63) is 12.7 Å². The molecule has 0 aromatic carbocycles. The lowest BCUT2D eigenvalue weighted by atomic mass is 9.98. The van der Waals surface area contributed by atoms with Crippen LogP contribution in [0.25, 0.3) is 0 Å². The minimum absolute atomic E-state index is 0.320. The van der Waals surface area contributed by atoms with E-state index in [-0.39, 0.29) is 5.97 Å². The van der Waals surface area contributed by atoms with E-state index in [0.717, 1.165) is 0 Å². The predicted octanol–water partition coefficient (Wildman–Crippen LogP) is 1.51. The summed E-state index contributed by atoms with van der Waals surface area (Å²) in [7, 11) is 0. The molecule has 0 fully saturated rings. The maximum atomic E-state index is 11.3. The second kappa shape index (κ2) is 6.66. The van der Waals surface area contributed by atoms with Crippen molar-refractivity contribution in [1.29, 1.82) is 0 Å². The van der Waals surface area contributed by atoms with Crippen LogP contribution in [0.15, 0.2) is 12.7 Å². The summed E-state index contributed by atoms with van der Waals surface area (Å²) in [6.07, 6.45) is 2.39. The molecule has 0 rings (SSSR count). The van der Waals surface area contributed by atoms with E-state index in [1.807, 2.05) is 0 Å². The number of carbonyl (C=O) groups excluding carboxylic acids is 1. The molecule has 0 aliphatic rings. The van der Waals surface area contributed by atoms with Crippen molar-refractivity contribution in [2.24, 2.45) is 5.92 Å². The van der Waals surface area contributed by atoms with Gasteiger partial charge >= 0.3 is 5.97 Å². The standard InChI is InChI=1S/C10H18O3/c1-4-6-7-9(8(3)11)10(12)13-5-2/h4,8-9,11H,1,5-7H2,2-3H3/t8-,9+/m0/s1. The van der Waals surface area contributed by atoms with Crippen molar-refractivity contribution >= 4 is 5.97 Å². The second-order valence-corrected chi connectivity index (χ2v) is 2.97. The molecule has 0 amide bonds. The maximum absolute atomic E-state index is 11.3. The third kappa shape index (κ3) is 4.68. The highest BCUT2D eigenvalue weighted by Gasteiger charge is 2.23. The van der Waals surface area contributed by atoms with Crippen LogP contribution in [0.2, 0.25) is 0 Å². The molecule has 0 spiro atoms. The van der Waals surface area contributed by atoms with Crippen molar-refractivity contribution in [2.75, 3.05) is 6.61 Å². The summed E-state index contributed by atoms with van der Waals surface area (Å²) < 4.78 is 4.83. The Morgan fingerprint density at radius 1 is 1.69 bits per heavy atom. The highest BCUT2D eigenvalue weighted by Crippen LogP contribution is 2.13. The molecule has 0 saturated carbocycles. The first-order valence-electron chi connectivity index (χ1n) is 4.59. The third-order valence-corrected chi connectivity index (χ3v) is 1.85. The van der Waals surface area contributed by atoms with Gasteiger partial charge in [-0.1, -0.05) is 6.08 Å². The number of esters is 1. The molecule has 0 saturated heterocycles. The van der Waals surface area contributed by atoms with Crippen LogP contribution in [0.3, 0.4) is 0 Å². The second-order valence-electron chi connectivity index (χ2n) is 2.97. The van der Waals surface area contributed by atoms with Crippen LogP contribution in [0.1, 0.15) is 26.7 Å². The van der Waals surface area contributed by atoms with E-state index < -0.39 is 12.0 Å². The Labute approximate surface area is 79.4 Å². The molecular formula is C10H18O3. The molecular weight excluding hydrogens is 168 g/mol. The number of aliphatic hydroxyl groups is 1. The predicted molar refractivity (Wildman–Crippen MR) is 51.2 cm³/mol. The summed E-state index contributed by atoms with van der Waals surface area (Å²) in [4.78, 5) is 11.3. The number of carbonyl (C=O) groups is 1. The van der Waals surface area contributed by atoms with Gasteiger partial charge in [0.05, 0.1) is 18.6 Å². The molecule has 1 N–H and O–H groups in total. The van der Waals surface area contributed by atoms with Gasteiger partial charge in [0.15, 0.2) is 0 Å². The first kappa shape index (κ1) is 12.2. The van der Waals surface area contributed by atoms with E-state index in [2.05, 4.69) is 6.58 Å². The van der Waals surface area contributed by atoms with Crippen molar-refractivity contribution in [3.63, 3.8) is 0 Å². The molecule has 0 radical (unpaired) electrons. The van der Waals surface area contributed by atoms with Gasteiger partial charge in [-0.25, -0.2) is 0 Å². The van der Waals surface area contributed by atoms with E-state index in [1.165, 1.54) is 0 Å². The highest BCUT2D eigenvalue weighted by atomic mass is 16.5. The van der Waals surface area contributed by atoms with Crippen LogP contribution in [-0.4, -0.2) is 23.8 Å². The zero-order valence-corrected chi connectivity index (χ0v) is 8.32. The van der Waals surface area contributed by atoms with Crippen molar-refractivity contribution in [3.8, 4) is 0 Å². The van der Waals surface area contributed by atoms with E-state index in [4.69, 9.17) is 4.74 Å². The van der Waals surface area contributed by atoms with Crippen LogP contribution in [0.5, 0.6) is 0 Å². The number of hydrogen-bond donors (Lipinski definition) is 1. The molecule has 2 atom stereocenters. The summed E-state index contributed by atoms with van der Waals surface area (Å²) in [5.74, 6) is -0.739. The first-order chi connectivity index (χ1) is 6.13. The lowest BCUT2D eigenvalue weighted by molar-refractivity contribution is -0.151. The van der Waals surface area contributed by atoms with Crippen molar-refractivity contribution in [2.45, 2.75) is 32.8 Å². The van der Waals surface area contributed by atoms with Gasteiger partial charge < -0.3 is 9.84 Å². The Balaban J connectivity index is 4.06. The average Bonchev–Trinajstić information content (AvgIpc) is 2.05. The third-order valence-electron chi connectivity index (χ3n) is 1.85. The average molecular weight is 186 g/mol. The molecule has 0 aliphatic carbocycles. The van der Waals surface area contributed by atoms with Crippen LogP contribution in [0.4, 0.5) is 0 Å². The van der Waals surface area contributed by atoms with Gasteiger partial charge in [-0.05, 0) is 26.7 Å². The number of hydrogen-bond acceptors (Lipinski definition) is 3. The topological polar surface area (TPSA) is 46.5 Å². The Bertz CT molecular complexity index is 164. The van der Waals surface area contributed by atoms with E-state index in [0.29, 0.717) is 19.4 Å². The minimum Gasteiger partial charge on any atom is -0.466 e. The summed E-state index contributed by atoms with van der Waals surface area (Å²) >= 11 is 0. The molecule has 0 unspecified atom stereocenters. The molecule has 0 aliphatic heterocycles. The van der Waals surface area contributed by atoms with Crippen molar-refractivity contribution in [1.82, 2.24) is 0 Å². The normalized spacial score (nSPS) is 14.7. The smallest absolute Gasteiger partial charge is 0.311 e. The summed E-state index contributed by atoms with van der Waals surface area (Å²) in [5, 5.41) is 9.30. The Morgan fingerprint density at radius 3 is 2.69 bits per heavy atom. The molecule has 3 heteroatoms. The molecule has 0 heterocycles. The van der Waals surface area contributed by atoms with Gasteiger partial charge in [0.25, 0.3) is 0 Å². The van der Waals surface area contributed by atoms with Crippen LogP contribution >= 0.6 is 0 Å². The minimum atomic E-state index is -0.654. The lowest BCUT2D eigenvalue weighted by Gasteiger charge is -2.16. The van der Waals surface area contributed by atoms with Gasteiger partial charge in [0.1, 0.15) is 0 Å². The monoisotopic (exact) mass is 186 g/mol. The highest BCUT2D eigenvalue weighted by molar-refractivity contribution is 5.73. The maximum Gasteiger partial charge on any atom is 0.311 e.